The van der Waals surface area contributed by atoms with Gasteiger partial charge in [0.25, 0.3) is 0 Å². The summed E-state index contributed by atoms with van der Waals surface area (Å²) in [5.41, 5.74) is 1.23. The van der Waals surface area contributed by atoms with E-state index in [1.54, 1.807) is 43.3 Å². The van der Waals surface area contributed by atoms with E-state index in [1.165, 1.54) is 6.92 Å². The van der Waals surface area contributed by atoms with Gasteiger partial charge in [0.15, 0.2) is 5.78 Å². The van der Waals surface area contributed by atoms with Crippen LogP contribution in [0.5, 0.6) is 5.75 Å². The zero-order chi connectivity index (χ0) is 19.0. The SMILES string of the molecule is CC(=O)[C@H]1C(=O)Oc2ccc(Br)cc2[C@@H]1[C@@H](C)C(=O)c1ccc(Br)cc1. The molecule has 0 N–H and O–H groups in total. The van der Waals surface area contributed by atoms with Crippen molar-refractivity contribution in [3.05, 3.63) is 62.5 Å². The van der Waals surface area contributed by atoms with E-state index < -0.39 is 23.7 Å². The number of ketones is 2. The van der Waals surface area contributed by atoms with Crippen molar-refractivity contribution in [2.75, 3.05) is 0 Å². The minimum absolute atomic E-state index is 0.116. The second kappa shape index (κ2) is 7.45. The van der Waals surface area contributed by atoms with E-state index in [0.717, 1.165) is 8.95 Å². The number of Topliss-reactive ketones (excluding diaryl/α,β-unsaturated/α-hetero) is 2. The van der Waals surface area contributed by atoms with E-state index in [4.69, 9.17) is 4.74 Å². The third-order valence-corrected chi connectivity index (χ3v) is 5.70. The van der Waals surface area contributed by atoms with Crippen molar-refractivity contribution in [1.29, 1.82) is 0 Å². The highest BCUT2D eigenvalue weighted by Crippen LogP contribution is 2.44. The molecule has 134 valence electrons. The van der Waals surface area contributed by atoms with Crippen LogP contribution in [0.1, 0.15) is 35.7 Å². The summed E-state index contributed by atoms with van der Waals surface area (Å²) in [5.74, 6) is -2.76. The molecule has 0 radical (unpaired) electrons. The van der Waals surface area contributed by atoms with Gasteiger partial charge in [0.1, 0.15) is 17.5 Å². The molecule has 0 spiro atoms. The number of rotatable bonds is 4. The first-order valence-corrected chi connectivity index (χ1v) is 9.69. The van der Waals surface area contributed by atoms with Crippen LogP contribution in [0, 0.1) is 11.8 Å². The summed E-state index contributed by atoms with van der Waals surface area (Å²) in [7, 11) is 0. The molecule has 1 aliphatic heterocycles. The number of ether oxygens (including phenoxy) is 1. The van der Waals surface area contributed by atoms with Gasteiger partial charge in [0.2, 0.25) is 0 Å². The van der Waals surface area contributed by atoms with Gasteiger partial charge in [0.05, 0.1) is 0 Å². The maximum atomic E-state index is 13.0. The summed E-state index contributed by atoms with van der Waals surface area (Å²) < 4.78 is 7.01. The van der Waals surface area contributed by atoms with Crippen molar-refractivity contribution in [2.45, 2.75) is 19.8 Å². The Bertz CT molecular complexity index is 889. The van der Waals surface area contributed by atoms with Crippen molar-refractivity contribution in [3.8, 4) is 5.75 Å². The molecule has 26 heavy (non-hydrogen) atoms. The van der Waals surface area contributed by atoms with Crippen LogP contribution >= 0.6 is 31.9 Å². The van der Waals surface area contributed by atoms with Gasteiger partial charge in [0, 0.05) is 31.9 Å². The molecule has 0 amide bonds. The Hall–Kier alpha value is -1.79. The molecule has 0 saturated carbocycles. The number of benzene rings is 2. The van der Waals surface area contributed by atoms with E-state index in [0.29, 0.717) is 16.9 Å². The first-order chi connectivity index (χ1) is 12.3. The van der Waals surface area contributed by atoms with Crippen molar-refractivity contribution < 1.29 is 19.1 Å². The summed E-state index contributed by atoms with van der Waals surface area (Å²) in [6.07, 6.45) is 0. The first-order valence-electron chi connectivity index (χ1n) is 8.11. The van der Waals surface area contributed by atoms with Crippen molar-refractivity contribution in [3.63, 3.8) is 0 Å². The van der Waals surface area contributed by atoms with Crippen LogP contribution in [0.25, 0.3) is 0 Å². The summed E-state index contributed by atoms with van der Waals surface area (Å²) in [5, 5.41) is 0. The van der Waals surface area contributed by atoms with Crippen LogP contribution < -0.4 is 4.74 Å². The Kier molecular flexibility index (Phi) is 5.44. The molecule has 0 fully saturated rings. The molecule has 4 nitrogen and oxygen atoms in total. The first kappa shape index (κ1) is 19.0. The molecule has 3 rings (SSSR count). The second-order valence-corrected chi connectivity index (χ2v) is 8.21. The Morgan fingerprint density at radius 2 is 1.65 bits per heavy atom. The number of hydrogen-bond donors (Lipinski definition) is 0. The largest absolute Gasteiger partial charge is 0.426 e. The topological polar surface area (TPSA) is 60.4 Å². The molecule has 0 saturated heterocycles. The number of hydrogen-bond acceptors (Lipinski definition) is 4. The van der Waals surface area contributed by atoms with Gasteiger partial charge in [-0.3, -0.25) is 14.4 Å². The minimum Gasteiger partial charge on any atom is -0.426 e. The van der Waals surface area contributed by atoms with Crippen molar-refractivity contribution >= 4 is 49.4 Å². The predicted molar refractivity (Wildman–Crippen MR) is 104 cm³/mol. The summed E-state index contributed by atoms with van der Waals surface area (Å²) in [6.45, 7) is 3.12. The molecular weight excluding hydrogens is 464 g/mol. The lowest BCUT2D eigenvalue weighted by molar-refractivity contribution is -0.146. The van der Waals surface area contributed by atoms with Gasteiger partial charge in [-0.05, 0) is 37.3 Å². The van der Waals surface area contributed by atoms with Gasteiger partial charge in [-0.15, -0.1) is 0 Å². The number of carbonyl (C=O) groups excluding carboxylic acids is 3. The maximum Gasteiger partial charge on any atom is 0.322 e. The molecule has 0 aromatic heterocycles. The van der Waals surface area contributed by atoms with E-state index in [-0.39, 0.29) is 11.6 Å². The number of fused-ring (bicyclic) bond motifs is 1. The van der Waals surface area contributed by atoms with Crippen LogP contribution in [-0.4, -0.2) is 17.5 Å². The van der Waals surface area contributed by atoms with Crippen LogP contribution in [0.2, 0.25) is 0 Å². The van der Waals surface area contributed by atoms with Gasteiger partial charge >= 0.3 is 5.97 Å². The van der Waals surface area contributed by atoms with E-state index in [9.17, 15) is 14.4 Å². The smallest absolute Gasteiger partial charge is 0.322 e. The lowest BCUT2D eigenvalue weighted by Gasteiger charge is -2.34. The average Bonchev–Trinajstić information content (AvgIpc) is 2.60. The van der Waals surface area contributed by atoms with Gasteiger partial charge < -0.3 is 4.74 Å². The zero-order valence-corrected chi connectivity index (χ0v) is 17.3. The highest BCUT2D eigenvalue weighted by atomic mass is 79.9. The third-order valence-electron chi connectivity index (χ3n) is 4.67. The number of halogens is 2. The third kappa shape index (κ3) is 3.53. The highest BCUT2D eigenvalue weighted by molar-refractivity contribution is 9.10. The minimum atomic E-state index is -0.994. The van der Waals surface area contributed by atoms with Gasteiger partial charge in [-0.2, -0.15) is 0 Å². The molecule has 0 aliphatic carbocycles. The van der Waals surface area contributed by atoms with Gasteiger partial charge in [-0.1, -0.05) is 50.9 Å². The predicted octanol–water partition coefficient (Wildman–Crippen LogP) is 4.94. The molecule has 0 unspecified atom stereocenters. The molecule has 1 aliphatic rings. The van der Waals surface area contributed by atoms with Crippen LogP contribution in [0.15, 0.2) is 51.4 Å². The van der Waals surface area contributed by atoms with E-state index >= 15 is 0 Å². The molecule has 1 heterocycles. The Morgan fingerprint density at radius 3 is 2.27 bits per heavy atom. The quantitative estimate of drug-likeness (QED) is 0.270. The molecule has 6 heteroatoms. The normalized spacial score (nSPS) is 20.1. The Labute approximate surface area is 168 Å². The molecule has 3 atom stereocenters. The Morgan fingerprint density at radius 1 is 1.04 bits per heavy atom. The summed E-state index contributed by atoms with van der Waals surface area (Å²) in [4.78, 5) is 37.7. The second-order valence-electron chi connectivity index (χ2n) is 6.38. The van der Waals surface area contributed by atoms with Gasteiger partial charge in [-0.25, -0.2) is 0 Å². The van der Waals surface area contributed by atoms with Crippen molar-refractivity contribution in [1.82, 2.24) is 0 Å². The number of carbonyl (C=O) groups is 3. The van der Waals surface area contributed by atoms with Crippen molar-refractivity contribution in [2.24, 2.45) is 11.8 Å². The Balaban J connectivity index is 2.07. The van der Waals surface area contributed by atoms with Crippen LogP contribution in [0.3, 0.4) is 0 Å². The fraction of sp³-hybridized carbons (Fsp3) is 0.250. The van der Waals surface area contributed by atoms with E-state index in [1.807, 2.05) is 6.07 Å². The molecule has 2 aromatic rings. The summed E-state index contributed by atoms with van der Waals surface area (Å²) in [6, 6.07) is 12.3. The highest BCUT2D eigenvalue weighted by Gasteiger charge is 2.45. The van der Waals surface area contributed by atoms with Crippen LogP contribution in [0.4, 0.5) is 0 Å². The molecule has 2 aromatic carbocycles. The summed E-state index contributed by atoms with van der Waals surface area (Å²) >= 11 is 6.77. The monoisotopic (exact) mass is 478 g/mol. The fourth-order valence-electron chi connectivity index (χ4n) is 3.39. The zero-order valence-electron chi connectivity index (χ0n) is 14.2. The molecular formula is C20H16Br2O4. The lowest BCUT2D eigenvalue weighted by Crippen LogP contribution is -2.40. The maximum absolute atomic E-state index is 13.0. The van der Waals surface area contributed by atoms with Crippen LogP contribution in [-0.2, 0) is 9.59 Å². The lowest BCUT2D eigenvalue weighted by atomic mass is 9.72. The standard InChI is InChI=1S/C20H16Br2O4/c1-10(19(24)12-3-5-13(21)6-4-12)17-15-9-14(22)7-8-16(15)26-20(25)18(17)11(2)23/h3-10,17-18H,1-2H3/t10-,17+,18-/m1/s1. The average molecular weight is 480 g/mol. The molecule has 0 bridgehead atoms. The fourth-order valence-corrected chi connectivity index (χ4v) is 4.03. The van der Waals surface area contributed by atoms with E-state index in [2.05, 4.69) is 31.9 Å². The number of esters is 1.